The summed E-state index contributed by atoms with van der Waals surface area (Å²) in [5, 5.41) is 10.1. The molecule has 0 radical (unpaired) electrons. The third kappa shape index (κ3) is 2.64. The number of hydrogen-bond acceptors (Lipinski definition) is 2. The number of carbonyl (C=O) groups is 2. The lowest BCUT2D eigenvalue weighted by molar-refractivity contribution is -0.148. The van der Waals surface area contributed by atoms with E-state index in [2.05, 4.69) is 0 Å². The number of carbonyl (C=O) groups excluding carboxylic acids is 1. The molecule has 0 bridgehead atoms. The Morgan fingerprint density at radius 2 is 2.14 bits per heavy atom. The van der Waals surface area contributed by atoms with Gasteiger partial charge in [0.25, 0.3) is 5.91 Å². The van der Waals surface area contributed by atoms with Crippen molar-refractivity contribution in [1.29, 1.82) is 0 Å². The Morgan fingerprint density at radius 1 is 1.43 bits per heavy atom. The summed E-state index contributed by atoms with van der Waals surface area (Å²) in [4.78, 5) is 26.1. The molecule has 1 atom stereocenters. The van der Waals surface area contributed by atoms with E-state index >= 15 is 0 Å². The van der Waals surface area contributed by atoms with Crippen LogP contribution in [0, 0.1) is 6.92 Å². The van der Waals surface area contributed by atoms with Gasteiger partial charge in [-0.2, -0.15) is 0 Å². The number of rotatable bonds is 4. The second-order valence-electron chi connectivity index (χ2n) is 5.58. The molecular formula is C16H20ClNO3. The summed E-state index contributed by atoms with van der Waals surface area (Å²) in [6, 6.07) is 5.26. The minimum atomic E-state index is -1.08. The van der Waals surface area contributed by atoms with E-state index in [4.69, 9.17) is 11.6 Å². The number of amides is 1. The van der Waals surface area contributed by atoms with Gasteiger partial charge in [-0.3, -0.25) is 4.79 Å². The van der Waals surface area contributed by atoms with Crippen molar-refractivity contribution in [2.75, 3.05) is 6.54 Å². The van der Waals surface area contributed by atoms with Crippen molar-refractivity contribution in [3.8, 4) is 0 Å². The Morgan fingerprint density at radius 3 is 2.76 bits per heavy atom. The lowest BCUT2D eigenvalue weighted by Gasteiger charge is -2.35. The highest BCUT2D eigenvalue weighted by Crippen LogP contribution is 2.36. The summed E-state index contributed by atoms with van der Waals surface area (Å²) < 4.78 is 0. The maximum absolute atomic E-state index is 12.8. The molecule has 1 fully saturated rings. The molecule has 0 saturated carbocycles. The average Bonchev–Trinajstić information content (AvgIpc) is 2.86. The minimum Gasteiger partial charge on any atom is -0.479 e. The molecule has 0 aliphatic carbocycles. The van der Waals surface area contributed by atoms with Crippen LogP contribution in [0.2, 0.25) is 5.02 Å². The summed E-state index contributed by atoms with van der Waals surface area (Å²) in [5.74, 6) is -1.20. The van der Waals surface area contributed by atoms with Crippen LogP contribution in [0.4, 0.5) is 0 Å². The highest BCUT2D eigenvalue weighted by molar-refractivity contribution is 6.34. The van der Waals surface area contributed by atoms with Gasteiger partial charge < -0.3 is 10.0 Å². The van der Waals surface area contributed by atoms with Crippen molar-refractivity contribution in [1.82, 2.24) is 4.90 Å². The number of aliphatic carboxylic acids is 1. The summed E-state index contributed by atoms with van der Waals surface area (Å²) in [7, 11) is 0. The minimum absolute atomic E-state index is 0.281. The van der Waals surface area contributed by atoms with E-state index in [-0.39, 0.29) is 5.91 Å². The first-order valence-electron chi connectivity index (χ1n) is 7.24. The Bertz CT molecular complexity index is 573. The fraction of sp³-hybridized carbons (Fsp3) is 0.500. The molecule has 2 rings (SSSR count). The second kappa shape index (κ2) is 6.06. The molecule has 114 valence electrons. The smallest absolute Gasteiger partial charge is 0.329 e. The number of hydrogen-bond donors (Lipinski definition) is 1. The summed E-state index contributed by atoms with van der Waals surface area (Å²) in [5.41, 5.74) is 0.122. The zero-order chi connectivity index (χ0) is 15.6. The molecule has 5 heteroatoms. The summed E-state index contributed by atoms with van der Waals surface area (Å²) in [6.07, 6.45) is 2.40. The molecule has 4 nitrogen and oxygen atoms in total. The van der Waals surface area contributed by atoms with Gasteiger partial charge in [-0.1, -0.05) is 37.1 Å². The van der Waals surface area contributed by atoms with E-state index in [9.17, 15) is 14.7 Å². The number of benzene rings is 1. The van der Waals surface area contributed by atoms with Crippen molar-refractivity contribution >= 4 is 23.5 Å². The van der Waals surface area contributed by atoms with Crippen LogP contribution in [-0.2, 0) is 4.79 Å². The quantitative estimate of drug-likeness (QED) is 0.926. The number of nitrogens with zero attached hydrogens (tertiary/aromatic N) is 1. The van der Waals surface area contributed by atoms with Gasteiger partial charge in [0.15, 0.2) is 0 Å². The molecule has 1 N–H and O–H groups in total. The predicted octanol–water partition coefficient (Wildman–Crippen LogP) is 3.51. The van der Waals surface area contributed by atoms with Crippen LogP contribution in [-0.4, -0.2) is 34.0 Å². The largest absolute Gasteiger partial charge is 0.479 e. The summed E-state index contributed by atoms with van der Waals surface area (Å²) in [6.45, 7) is 4.24. The standard InChI is InChI=1S/C16H20ClNO3/c1-3-8-16(15(20)21)9-5-10-18(16)14(19)12-7-4-6-11(2)13(12)17/h4,6-7H,3,5,8-10H2,1-2H3,(H,20,21). The molecule has 0 spiro atoms. The first-order chi connectivity index (χ1) is 9.94. The van der Waals surface area contributed by atoms with Crippen molar-refractivity contribution in [2.24, 2.45) is 0 Å². The van der Waals surface area contributed by atoms with E-state index in [0.29, 0.717) is 36.4 Å². The van der Waals surface area contributed by atoms with Crippen molar-refractivity contribution in [2.45, 2.75) is 45.1 Å². The number of carboxylic acid groups (broad SMARTS) is 1. The fourth-order valence-electron chi connectivity index (χ4n) is 3.14. The van der Waals surface area contributed by atoms with Gasteiger partial charge in [0.05, 0.1) is 10.6 Å². The Balaban J connectivity index is 2.41. The fourth-order valence-corrected chi connectivity index (χ4v) is 3.34. The second-order valence-corrected chi connectivity index (χ2v) is 5.96. The van der Waals surface area contributed by atoms with Crippen LogP contribution < -0.4 is 0 Å². The van der Waals surface area contributed by atoms with E-state index < -0.39 is 11.5 Å². The van der Waals surface area contributed by atoms with Gasteiger partial charge in [-0.25, -0.2) is 4.79 Å². The molecular weight excluding hydrogens is 290 g/mol. The zero-order valence-corrected chi connectivity index (χ0v) is 13.1. The molecule has 1 saturated heterocycles. The highest BCUT2D eigenvalue weighted by atomic mass is 35.5. The Kier molecular flexibility index (Phi) is 4.57. The molecule has 1 aliphatic heterocycles. The summed E-state index contributed by atoms with van der Waals surface area (Å²) >= 11 is 6.22. The molecule has 21 heavy (non-hydrogen) atoms. The number of likely N-dealkylation sites (tertiary alicyclic amines) is 1. The van der Waals surface area contributed by atoms with Crippen molar-refractivity contribution in [3.63, 3.8) is 0 Å². The van der Waals surface area contributed by atoms with Crippen molar-refractivity contribution in [3.05, 3.63) is 34.3 Å². The van der Waals surface area contributed by atoms with Crippen LogP contribution in [0.15, 0.2) is 18.2 Å². The SMILES string of the molecule is CCCC1(C(=O)O)CCCN1C(=O)c1cccc(C)c1Cl. The molecule has 1 heterocycles. The predicted molar refractivity (Wildman–Crippen MR) is 81.7 cm³/mol. The normalized spacial score (nSPS) is 21.6. The first kappa shape index (κ1) is 15.8. The van der Waals surface area contributed by atoms with Crippen LogP contribution in [0.5, 0.6) is 0 Å². The van der Waals surface area contributed by atoms with Crippen LogP contribution in [0.3, 0.4) is 0 Å². The van der Waals surface area contributed by atoms with Gasteiger partial charge in [0.2, 0.25) is 0 Å². The molecule has 0 aromatic heterocycles. The lowest BCUT2D eigenvalue weighted by Crippen LogP contribution is -2.53. The van der Waals surface area contributed by atoms with E-state index in [1.165, 1.54) is 4.90 Å². The molecule has 1 unspecified atom stereocenters. The van der Waals surface area contributed by atoms with Crippen LogP contribution >= 0.6 is 11.6 Å². The van der Waals surface area contributed by atoms with E-state index in [0.717, 1.165) is 12.0 Å². The third-order valence-corrected chi connectivity index (χ3v) is 4.72. The van der Waals surface area contributed by atoms with Gasteiger partial charge in [-0.05, 0) is 37.8 Å². The van der Waals surface area contributed by atoms with Gasteiger partial charge in [-0.15, -0.1) is 0 Å². The van der Waals surface area contributed by atoms with Crippen LogP contribution in [0.25, 0.3) is 0 Å². The van der Waals surface area contributed by atoms with Gasteiger partial charge in [0.1, 0.15) is 5.54 Å². The molecule has 1 aromatic carbocycles. The van der Waals surface area contributed by atoms with Gasteiger partial charge >= 0.3 is 5.97 Å². The Hall–Kier alpha value is -1.55. The average molecular weight is 310 g/mol. The number of halogens is 1. The Labute approximate surface area is 129 Å². The number of aryl methyl sites for hydroxylation is 1. The third-order valence-electron chi connectivity index (χ3n) is 4.22. The van der Waals surface area contributed by atoms with E-state index in [1.54, 1.807) is 12.1 Å². The van der Waals surface area contributed by atoms with E-state index in [1.807, 2.05) is 19.9 Å². The van der Waals surface area contributed by atoms with Gasteiger partial charge in [0, 0.05) is 6.54 Å². The monoisotopic (exact) mass is 309 g/mol. The zero-order valence-electron chi connectivity index (χ0n) is 12.4. The molecule has 1 amide bonds. The molecule has 1 aromatic rings. The van der Waals surface area contributed by atoms with Crippen molar-refractivity contribution < 1.29 is 14.7 Å². The lowest BCUT2D eigenvalue weighted by atomic mass is 9.90. The topological polar surface area (TPSA) is 57.6 Å². The number of carboxylic acids is 1. The maximum atomic E-state index is 12.8. The highest BCUT2D eigenvalue weighted by Gasteiger charge is 2.49. The first-order valence-corrected chi connectivity index (χ1v) is 7.62. The van der Waals surface area contributed by atoms with Crippen LogP contribution in [0.1, 0.15) is 48.5 Å². The maximum Gasteiger partial charge on any atom is 0.329 e. The molecule has 1 aliphatic rings.